The second kappa shape index (κ2) is 5.04. The van der Waals surface area contributed by atoms with Crippen LogP contribution in [0.25, 0.3) is 0 Å². The minimum atomic E-state index is -11.2. The maximum absolute atomic E-state index is 11.2. The Morgan fingerprint density at radius 1 is 1.00 bits per heavy atom. The molecule has 0 saturated carbocycles. The van der Waals surface area contributed by atoms with Gasteiger partial charge in [-0.2, -0.15) is 0 Å². The monoisotopic (exact) mass is 416 g/mol. The van der Waals surface area contributed by atoms with Gasteiger partial charge in [-0.1, -0.05) is 18.2 Å². The van der Waals surface area contributed by atoms with Crippen molar-refractivity contribution in [3.05, 3.63) is 30.3 Å². The zero-order chi connectivity index (χ0) is 14.8. The van der Waals surface area contributed by atoms with Crippen LogP contribution in [-0.4, -0.2) is 42.2 Å². The van der Waals surface area contributed by atoms with E-state index in [1.54, 1.807) is 0 Å². The average Bonchev–Trinajstić information content (AvgIpc) is 2.61. The van der Waals surface area contributed by atoms with Crippen molar-refractivity contribution in [2.75, 3.05) is 11.5 Å². The van der Waals surface area contributed by atoms with Gasteiger partial charge >= 0.3 is 36.4 Å². The Hall–Kier alpha value is -0.0718. The molecule has 19 heavy (non-hydrogen) atoms. The molecular formula is C10H13F6OSSb. The summed E-state index contributed by atoms with van der Waals surface area (Å²) in [4.78, 5) is 1.41. The van der Waals surface area contributed by atoms with Crippen LogP contribution in [0.4, 0.5) is 16.9 Å². The second-order valence-electron chi connectivity index (χ2n) is 4.08. The fourth-order valence-corrected chi connectivity index (χ4v) is 3.83. The molecule has 2 atom stereocenters. The number of hydrogen-bond acceptors (Lipinski definition) is 1. The molecule has 2 unspecified atom stereocenters. The van der Waals surface area contributed by atoms with E-state index < -0.39 is 19.5 Å². The van der Waals surface area contributed by atoms with E-state index in [-0.39, 0.29) is 6.10 Å². The second-order valence-corrected chi connectivity index (χ2v) is 11.7. The predicted molar refractivity (Wildman–Crippen MR) is 64.8 cm³/mol. The van der Waals surface area contributed by atoms with Crippen LogP contribution in [0.2, 0.25) is 0 Å². The standard InChI is InChI=1S/C10H13OS.6FH.Sb/c11-9-6-7-12(8-9)10-4-2-1-3-5-10;;;;;;;/h1-5,9,11H,6-8H2;6*1H;/q+1;;;;;;;+5/p-6. The van der Waals surface area contributed by atoms with Gasteiger partial charge in [0, 0.05) is 17.3 Å². The van der Waals surface area contributed by atoms with E-state index in [0.29, 0.717) is 10.9 Å². The Morgan fingerprint density at radius 3 is 1.84 bits per heavy atom. The van der Waals surface area contributed by atoms with Crippen LogP contribution < -0.4 is 0 Å². The zero-order valence-corrected chi connectivity index (χ0v) is 13.0. The summed E-state index contributed by atoms with van der Waals surface area (Å²) >= 11 is -11.2. The Labute approximate surface area is 111 Å². The van der Waals surface area contributed by atoms with E-state index in [4.69, 9.17) is 0 Å². The Morgan fingerprint density at radius 2 is 1.47 bits per heavy atom. The van der Waals surface area contributed by atoms with Crippen LogP contribution in [0.1, 0.15) is 6.42 Å². The fourth-order valence-electron chi connectivity index (χ4n) is 1.50. The molecule has 1 aliphatic heterocycles. The molecule has 9 heteroatoms. The van der Waals surface area contributed by atoms with Gasteiger partial charge in [0.2, 0.25) is 0 Å². The van der Waals surface area contributed by atoms with E-state index in [1.807, 2.05) is 6.07 Å². The number of aliphatic hydroxyl groups excluding tert-OH is 1. The summed E-state index contributed by atoms with van der Waals surface area (Å²) in [6.07, 6.45) is 0.936. The molecule has 1 aromatic carbocycles. The van der Waals surface area contributed by atoms with E-state index in [0.717, 1.165) is 12.2 Å². The quantitative estimate of drug-likeness (QED) is 0.421. The van der Waals surface area contributed by atoms with Crippen molar-refractivity contribution in [2.45, 2.75) is 17.4 Å². The van der Waals surface area contributed by atoms with Crippen molar-refractivity contribution >= 4 is 30.4 Å². The summed E-state index contributed by atoms with van der Waals surface area (Å²) in [5.74, 6) is 2.15. The van der Waals surface area contributed by atoms with E-state index in [1.165, 1.54) is 10.6 Å². The topological polar surface area (TPSA) is 20.2 Å². The number of benzene rings is 1. The van der Waals surface area contributed by atoms with Crippen LogP contribution in [0.15, 0.2) is 35.2 Å². The molecule has 1 aliphatic rings. The first-order valence-electron chi connectivity index (χ1n) is 5.28. The van der Waals surface area contributed by atoms with Crippen molar-refractivity contribution in [3.63, 3.8) is 0 Å². The first kappa shape index (κ1) is 17.0. The van der Waals surface area contributed by atoms with Crippen molar-refractivity contribution in [2.24, 2.45) is 0 Å². The van der Waals surface area contributed by atoms with Crippen LogP contribution in [0.5, 0.6) is 0 Å². The molecule has 1 nitrogen and oxygen atoms in total. The number of hydrogen-bond donors (Lipinski definition) is 1. The summed E-state index contributed by atoms with van der Waals surface area (Å²) in [7, 11) is 0.329. The summed E-state index contributed by atoms with van der Waals surface area (Å²) in [5.41, 5.74) is 0. The first-order valence-corrected chi connectivity index (χ1v) is 12.6. The molecular weight excluding hydrogens is 404 g/mol. The summed E-state index contributed by atoms with van der Waals surface area (Å²) in [6, 6.07) is 10.5. The molecule has 1 aromatic rings. The first-order chi connectivity index (χ1) is 8.31. The van der Waals surface area contributed by atoms with Crippen LogP contribution in [0.3, 0.4) is 0 Å². The van der Waals surface area contributed by atoms with Gasteiger partial charge < -0.3 is 5.11 Å². The van der Waals surface area contributed by atoms with Gasteiger partial charge in [-0.25, -0.2) is 0 Å². The molecule has 0 radical (unpaired) electrons. The third-order valence-electron chi connectivity index (χ3n) is 2.17. The molecule has 1 saturated heterocycles. The number of halogens is 6. The summed E-state index contributed by atoms with van der Waals surface area (Å²) in [5, 5.41) is 9.37. The molecule has 0 spiro atoms. The van der Waals surface area contributed by atoms with Crippen molar-refractivity contribution in [1.29, 1.82) is 0 Å². The fraction of sp³-hybridized carbons (Fsp3) is 0.400. The van der Waals surface area contributed by atoms with Crippen molar-refractivity contribution < 1.29 is 22.0 Å². The Bertz CT molecular complexity index is 408. The zero-order valence-electron chi connectivity index (χ0n) is 9.66. The number of aliphatic hydroxyl groups is 1. The van der Waals surface area contributed by atoms with E-state index in [2.05, 4.69) is 24.3 Å². The van der Waals surface area contributed by atoms with Gasteiger partial charge in [0.25, 0.3) is 0 Å². The molecule has 1 fully saturated rings. The molecule has 0 aromatic heterocycles. The normalized spacial score (nSPS) is 26.9. The summed E-state index contributed by atoms with van der Waals surface area (Å²) in [6.45, 7) is 0. The van der Waals surface area contributed by atoms with E-state index >= 15 is 0 Å². The molecule has 1 heterocycles. The third kappa shape index (κ3) is 10.4. The van der Waals surface area contributed by atoms with Gasteiger partial charge in [0.05, 0.1) is 0 Å². The maximum atomic E-state index is 9.93. The van der Waals surface area contributed by atoms with Crippen LogP contribution >= 0.6 is 0 Å². The SMILES string of the molecule is OC1CC[S+](c2ccccc2)C1.[F][Sb-]([F])([F])([F])([F])[F]. The number of rotatable bonds is 1. The van der Waals surface area contributed by atoms with Gasteiger partial charge in [0.15, 0.2) is 4.90 Å². The Balaban J connectivity index is 0.000000224. The predicted octanol–water partition coefficient (Wildman–Crippen LogP) is 3.57. The third-order valence-corrected chi connectivity index (χ3v) is 4.62. The van der Waals surface area contributed by atoms with Crippen molar-refractivity contribution in [3.8, 4) is 0 Å². The van der Waals surface area contributed by atoms with Gasteiger partial charge in [0.1, 0.15) is 17.6 Å². The van der Waals surface area contributed by atoms with Gasteiger partial charge in [-0.05, 0) is 12.1 Å². The molecule has 112 valence electrons. The average molecular weight is 417 g/mol. The molecule has 0 amide bonds. The van der Waals surface area contributed by atoms with Crippen molar-refractivity contribution in [1.82, 2.24) is 0 Å². The van der Waals surface area contributed by atoms with Gasteiger partial charge in [-0.3, -0.25) is 0 Å². The van der Waals surface area contributed by atoms with Gasteiger partial charge in [-0.15, -0.1) is 0 Å². The minimum absolute atomic E-state index is 0.0476. The molecule has 1 N–H and O–H groups in total. The molecule has 0 bridgehead atoms. The summed E-state index contributed by atoms with van der Waals surface area (Å²) < 4.78 is 59.6. The molecule has 2 rings (SSSR count). The Kier molecular flexibility index (Phi) is 4.50. The van der Waals surface area contributed by atoms with Crippen LogP contribution in [0, 0.1) is 0 Å². The van der Waals surface area contributed by atoms with E-state index in [9.17, 15) is 22.0 Å². The van der Waals surface area contributed by atoms with Crippen LogP contribution in [-0.2, 0) is 10.9 Å². The molecule has 0 aliphatic carbocycles.